The van der Waals surface area contributed by atoms with Crippen LogP contribution in [0.2, 0.25) is 10.0 Å². The van der Waals surface area contributed by atoms with Gasteiger partial charge in [0.05, 0.1) is 15.7 Å². The highest BCUT2D eigenvalue weighted by Crippen LogP contribution is 2.26. The maximum Gasteiger partial charge on any atom is 0.194 e. The van der Waals surface area contributed by atoms with Crippen LogP contribution >= 0.6 is 23.2 Å². The predicted octanol–water partition coefficient (Wildman–Crippen LogP) is 4.42. The summed E-state index contributed by atoms with van der Waals surface area (Å²) in [7, 11) is 0. The summed E-state index contributed by atoms with van der Waals surface area (Å²) >= 11 is 12.0. The van der Waals surface area contributed by atoms with Crippen molar-refractivity contribution < 1.29 is 4.79 Å². The summed E-state index contributed by atoms with van der Waals surface area (Å²) in [5.74, 6) is -0.156. The first-order valence-corrected chi connectivity index (χ1v) is 6.52. The standard InChI is InChI=1S/C15H13Cl2NO/c1-8-5-11(13(17)6-9(8)2)15(19)10-3-4-12(16)14(18)7-10/h3-7H,18H2,1-2H3. The van der Waals surface area contributed by atoms with Gasteiger partial charge in [-0.2, -0.15) is 0 Å². The number of carbonyl (C=O) groups is 1. The van der Waals surface area contributed by atoms with Gasteiger partial charge in [-0.25, -0.2) is 0 Å². The molecule has 4 heteroatoms. The Morgan fingerprint density at radius 2 is 1.63 bits per heavy atom. The van der Waals surface area contributed by atoms with E-state index in [0.29, 0.717) is 26.9 Å². The van der Waals surface area contributed by atoms with Crippen LogP contribution in [0.15, 0.2) is 30.3 Å². The van der Waals surface area contributed by atoms with Crippen molar-refractivity contribution in [2.45, 2.75) is 13.8 Å². The van der Waals surface area contributed by atoms with E-state index < -0.39 is 0 Å². The molecule has 0 saturated heterocycles. The van der Waals surface area contributed by atoms with Gasteiger partial charge in [-0.15, -0.1) is 0 Å². The molecular formula is C15H13Cl2NO. The molecule has 0 aromatic heterocycles. The maximum absolute atomic E-state index is 12.4. The van der Waals surface area contributed by atoms with E-state index in [2.05, 4.69) is 0 Å². The molecule has 2 aromatic carbocycles. The number of carbonyl (C=O) groups excluding carboxylic acids is 1. The summed E-state index contributed by atoms with van der Waals surface area (Å²) in [6, 6.07) is 8.41. The molecule has 2 aromatic rings. The topological polar surface area (TPSA) is 43.1 Å². The second kappa shape index (κ2) is 5.24. The molecule has 19 heavy (non-hydrogen) atoms. The summed E-state index contributed by atoms with van der Waals surface area (Å²) in [5.41, 5.74) is 9.13. The maximum atomic E-state index is 12.4. The lowest BCUT2D eigenvalue weighted by atomic mass is 9.99. The second-order valence-corrected chi connectivity index (χ2v) is 5.30. The Morgan fingerprint density at radius 3 is 2.26 bits per heavy atom. The van der Waals surface area contributed by atoms with Gasteiger partial charge >= 0.3 is 0 Å². The van der Waals surface area contributed by atoms with E-state index >= 15 is 0 Å². The number of nitrogens with two attached hydrogens (primary N) is 1. The minimum atomic E-state index is -0.156. The van der Waals surface area contributed by atoms with Crippen molar-refractivity contribution in [2.24, 2.45) is 0 Å². The lowest BCUT2D eigenvalue weighted by Crippen LogP contribution is -2.04. The van der Waals surface area contributed by atoms with Gasteiger partial charge in [-0.1, -0.05) is 23.2 Å². The van der Waals surface area contributed by atoms with Crippen molar-refractivity contribution in [1.29, 1.82) is 0 Å². The number of benzene rings is 2. The molecule has 0 aliphatic heterocycles. The van der Waals surface area contributed by atoms with Crippen LogP contribution in [0.4, 0.5) is 5.69 Å². The molecule has 0 saturated carbocycles. The van der Waals surface area contributed by atoms with Crippen molar-refractivity contribution >= 4 is 34.7 Å². The Hall–Kier alpha value is -1.51. The SMILES string of the molecule is Cc1cc(Cl)c(C(=O)c2ccc(Cl)c(N)c2)cc1C. The molecule has 0 spiro atoms. The smallest absolute Gasteiger partial charge is 0.194 e. The molecule has 0 radical (unpaired) electrons. The van der Waals surface area contributed by atoms with E-state index in [-0.39, 0.29) is 5.78 Å². The fourth-order valence-electron chi connectivity index (χ4n) is 1.80. The number of nitrogen functional groups attached to an aromatic ring is 1. The van der Waals surface area contributed by atoms with Crippen LogP contribution in [0.3, 0.4) is 0 Å². The monoisotopic (exact) mass is 293 g/mol. The van der Waals surface area contributed by atoms with Crippen LogP contribution in [-0.4, -0.2) is 5.78 Å². The van der Waals surface area contributed by atoms with Crippen LogP contribution in [0.25, 0.3) is 0 Å². The average molecular weight is 294 g/mol. The molecule has 0 heterocycles. The van der Waals surface area contributed by atoms with Gasteiger partial charge in [0.1, 0.15) is 0 Å². The van der Waals surface area contributed by atoms with Gasteiger partial charge in [0.2, 0.25) is 0 Å². The van der Waals surface area contributed by atoms with Crippen LogP contribution < -0.4 is 5.73 Å². The van der Waals surface area contributed by atoms with E-state index in [1.54, 1.807) is 30.3 Å². The van der Waals surface area contributed by atoms with E-state index in [9.17, 15) is 4.79 Å². The average Bonchev–Trinajstić information content (AvgIpc) is 2.36. The quantitative estimate of drug-likeness (QED) is 0.658. The van der Waals surface area contributed by atoms with Crippen LogP contribution in [-0.2, 0) is 0 Å². The molecule has 0 fully saturated rings. The lowest BCUT2D eigenvalue weighted by Gasteiger charge is -2.08. The Balaban J connectivity index is 2.49. The molecule has 2 rings (SSSR count). The first-order valence-electron chi connectivity index (χ1n) is 5.76. The molecule has 2 nitrogen and oxygen atoms in total. The van der Waals surface area contributed by atoms with E-state index in [1.165, 1.54) is 0 Å². The van der Waals surface area contributed by atoms with E-state index in [0.717, 1.165) is 11.1 Å². The lowest BCUT2D eigenvalue weighted by molar-refractivity contribution is 0.103. The number of halogens is 2. The molecule has 0 bridgehead atoms. The zero-order chi connectivity index (χ0) is 14.2. The Bertz CT molecular complexity index is 665. The largest absolute Gasteiger partial charge is 0.398 e. The molecular weight excluding hydrogens is 281 g/mol. The van der Waals surface area contributed by atoms with Crippen LogP contribution in [0.1, 0.15) is 27.0 Å². The highest BCUT2D eigenvalue weighted by molar-refractivity contribution is 6.35. The van der Waals surface area contributed by atoms with E-state index in [4.69, 9.17) is 28.9 Å². The fourth-order valence-corrected chi connectivity index (χ4v) is 2.22. The number of ketones is 1. The van der Waals surface area contributed by atoms with Crippen molar-refractivity contribution in [1.82, 2.24) is 0 Å². The normalized spacial score (nSPS) is 10.5. The number of aryl methyl sites for hydroxylation is 2. The summed E-state index contributed by atoms with van der Waals surface area (Å²) in [6.45, 7) is 3.90. The highest BCUT2D eigenvalue weighted by Gasteiger charge is 2.15. The zero-order valence-electron chi connectivity index (χ0n) is 10.6. The summed E-state index contributed by atoms with van der Waals surface area (Å²) in [4.78, 5) is 12.4. The first-order chi connectivity index (χ1) is 8.90. The Kier molecular flexibility index (Phi) is 3.83. The Labute approximate surface area is 122 Å². The third kappa shape index (κ3) is 2.75. The first kappa shape index (κ1) is 13.9. The zero-order valence-corrected chi connectivity index (χ0v) is 12.1. The summed E-state index contributed by atoms with van der Waals surface area (Å²) in [5, 5.41) is 0.879. The van der Waals surface area contributed by atoms with Crippen molar-refractivity contribution in [3.8, 4) is 0 Å². The van der Waals surface area contributed by atoms with Gasteiger partial charge in [0.25, 0.3) is 0 Å². The van der Waals surface area contributed by atoms with Gasteiger partial charge in [-0.05, 0) is 55.3 Å². The summed E-state index contributed by atoms with van der Waals surface area (Å²) in [6.07, 6.45) is 0. The number of rotatable bonds is 2. The van der Waals surface area contributed by atoms with Crippen molar-refractivity contribution in [2.75, 3.05) is 5.73 Å². The van der Waals surface area contributed by atoms with Crippen molar-refractivity contribution in [3.63, 3.8) is 0 Å². The predicted molar refractivity (Wildman–Crippen MR) is 80.2 cm³/mol. The number of anilines is 1. The van der Waals surface area contributed by atoms with E-state index in [1.807, 2.05) is 13.8 Å². The van der Waals surface area contributed by atoms with Gasteiger partial charge < -0.3 is 5.73 Å². The van der Waals surface area contributed by atoms with Gasteiger partial charge in [0, 0.05) is 11.1 Å². The van der Waals surface area contributed by atoms with Crippen LogP contribution in [0, 0.1) is 13.8 Å². The molecule has 0 amide bonds. The minimum absolute atomic E-state index is 0.156. The molecule has 0 aliphatic carbocycles. The molecule has 0 atom stereocenters. The molecule has 0 unspecified atom stereocenters. The highest BCUT2D eigenvalue weighted by atomic mass is 35.5. The number of hydrogen-bond donors (Lipinski definition) is 1. The third-order valence-electron chi connectivity index (χ3n) is 3.09. The third-order valence-corrected chi connectivity index (χ3v) is 3.74. The second-order valence-electron chi connectivity index (χ2n) is 4.48. The van der Waals surface area contributed by atoms with Gasteiger partial charge in [-0.3, -0.25) is 4.79 Å². The van der Waals surface area contributed by atoms with Crippen LogP contribution in [0.5, 0.6) is 0 Å². The minimum Gasteiger partial charge on any atom is -0.398 e. The summed E-state index contributed by atoms with van der Waals surface area (Å²) < 4.78 is 0. The fraction of sp³-hybridized carbons (Fsp3) is 0.133. The molecule has 98 valence electrons. The number of hydrogen-bond acceptors (Lipinski definition) is 2. The Morgan fingerprint density at radius 1 is 1.00 bits per heavy atom. The van der Waals surface area contributed by atoms with Gasteiger partial charge in [0.15, 0.2) is 5.78 Å². The molecule has 0 aliphatic rings. The van der Waals surface area contributed by atoms with Crippen molar-refractivity contribution in [3.05, 3.63) is 62.6 Å². The molecule has 2 N–H and O–H groups in total.